The summed E-state index contributed by atoms with van der Waals surface area (Å²) < 4.78 is 10.4. The number of furan rings is 1. The van der Waals surface area contributed by atoms with Gasteiger partial charge in [0.15, 0.2) is 0 Å². The minimum atomic E-state index is 0.700. The van der Waals surface area contributed by atoms with Gasteiger partial charge in [-0.05, 0) is 42.8 Å². The van der Waals surface area contributed by atoms with Crippen molar-refractivity contribution >= 4 is 5.69 Å². The lowest BCUT2D eigenvalue weighted by Crippen LogP contribution is -1.99. The number of rotatable bonds is 4. The van der Waals surface area contributed by atoms with Crippen LogP contribution in [0.15, 0.2) is 41.0 Å². The molecule has 0 saturated heterocycles. The fraction of sp³-hybridized carbons (Fsp3) is 0.231. The van der Waals surface area contributed by atoms with Gasteiger partial charge in [0.2, 0.25) is 0 Å². The molecule has 0 aliphatic rings. The molecule has 0 radical (unpaired) electrons. The quantitative estimate of drug-likeness (QED) is 0.853. The lowest BCUT2D eigenvalue weighted by Gasteiger charge is -2.06. The maximum atomic E-state index is 5.34. The van der Waals surface area contributed by atoms with Gasteiger partial charge in [0.1, 0.15) is 11.5 Å². The van der Waals surface area contributed by atoms with Crippen LogP contribution in [-0.2, 0) is 6.54 Å². The van der Waals surface area contributed by atoms with Gasteiger partial charge < -0.3 is 14.5 Å². The summed E-state index contributed by atoms with van der Waals surface area (Å²) >= 11 is 0. The van der Waals surface area contributed by atoms with E-state index in [4.69, 9.17) is 9.15 Å². The van der Waals surface area contributed by atoms with Crippen LogP contribution in [0.4, 0.5) is 5.69 Å². The molecule has 3 nitrogen and oxygen atoms in total. The summed E-state index contributed by atoms with van der Waals surface area (Å²) in [5.74, 6) is 1.83. The van der Waals surface area contributed by atoms with Crippen molar-refractivity contribution in [2.45, 2.75) is 13.5 Å². The number of nitrogens with one attached hydrogen (secondary N) is 1. The zero-order valence-electron chi connectivity index (χ0n) is 9.49. The lowest BCUT2D eigenvalue weighted by atomic mass is 10.2. The maximum absolute atomic E-state index is 5.34. The van der Waals surface area contributed by atoms with E-state index in [1.807, 2.05) is 37.3 Å². The highest BCUT2D eigenvalue weighted by atomic mass is 16.5. The molecule has 0 amide bonds. The highest BCUT2D eigenvalue weighted by Gasteiger charge is 2.01. The molecule has 1 N–H and O–H groups in total. The molecule has 1 aromatic heterocycles. The Labute approximate surface area is 95.0 Å². The van der Waals surface area contributed by atoms with Crippen LogP contribution in [0, 0.1) is 6.92 Å². The number of benzene rings is 1. The first kappa shape index (κ1) is 10.6. The molecule has 3 heteroatoms. The standard InChI is InChI=1S/C13H15NO2/c1-10-7-8-16-13(10)9-14-11-3-5-12(15-2)6-4-11/h3-8,14H,9H2,1-2H3. The van der Waals surface area contributed by atoms with Crippen LogP contribution in [0.25, 0.3) is 0 Å². The van der Waals surface area contributed by atoms with Gasteiger partial charge in [-0.1, -0.05) is 0 Å². The van der Waals surface area contributed by atoms with Crippen molar-refractivity contribution in [3.05, 3.63) is 47.9 Å². The van der Waals surface area contributed by atoms with Gasteiger partial charge in [0, 0.05) is 5.69 Å². The fourth-order valence-corrected chi connectivity index (χ4v) is 1.48. The second kappa shape index (κ2) is 4.75. The Morgan fingerprint density at radius 3 is 2.50 bits per heavy atom. The van der Waals surface area contributed by atoms with Crippen molar-refractivity contribution in [2.75, 3.05) is 12.4 Å². The van der Waals surface area contributed by atoms with Gasteiger partial charge >= 0.3 is 0 Å². The summed E-state index contributed by atoms with van der Waals surface area (Å²) in [7, 11) is 1.66. The van der Waals surface area contributed by atoms with Crippen LogP contribution in [0.3, 0.4) is 0 Å². The van der Waals surface area contributed by atoms with Crippen molar-refractivity contribution in [3.63, 3.8) is 0 Å². The van der Waals surface area contributed by atoms with Crippen molar-refractivity contribution < 1.29 is 9.15 Å². The molecule has 0 fully saturated rings. The number of hydrogen-bond acceptors (Lipinski definition) is 3. The van der Waals surface area contributed by atoms with E-state index in [0.29, 0.717) is 6.54 Å². The summed E-state index contributed by atoms with van der Waals surface area (Å²) in [5, 5.41) is 3.29. The van der Waals surface area contributed by atoms with E-state index >= 15 is 0 Å². The molecule has 1 heterocycles. The summed E-state index contributed by atoms with van der Waals surface area (Å²) in [5.41, 5.74) is 2.22. The van der Waals surface area contributed by atoms with Crippen LogP contribution < -0.4 is 10.1 Å². The van der Waals surface area contributed by atoms with Crippen molar-refractivity contribution in [1.82, 2.24) is 0 Å². The number of methoxy groups -OCH3 is 1. The normalized spacial score (nSPS) is 10.1. The topological polar surface area (TPSA) is 34.4 Å². The smallest absolute Gasteiger partial charge is 0.125 e. The number of aryl methyl sites for hydroxylation is 1. The Kier molecular flexibility index (Phi) is 3.15. The van der Waals surface area contributed by atoms with Crippen LogP contribution in [0.1, 0.15) is 11.3 Å². The minimum absolute atomic E-state index is 0.700. The SMILES string of the molecule is COc1ccc(NCc2occc2C)cc1. The van der Waals surface area contributed by atoms with Crippen molar-refractivity contribution in [2.24, 2.45) is 0 Å². The van der Waals surface area contributed by atoms with E-state index in [2.05, 4.69) is 5.32 Å². The molecular formula is C13H15NO2. The van der Waals surface area contributed by atoms with E-state index in [9.17, 15) is 0 Å². The molecule has 2 rings (SSSR count). The summed E-state index contributed by atoms with van der Waals surface area (Å²) in [6.07, 6.45) is 1.71. The highest BCUT2D eigenvalue weighted by Crippen LogP contribution is 2.16. The second-order valence-corrected chi connectivity index (χ2v) is 3.61. The Morgan fingerprint density at radius 1 is 1.19 bits per heavy atom. The first-order chi connectivity index (χ1) is 7.79. The molecule has 0 unspecified atom stereocenters. The molecule has 2 aromatic rings. The predicted molar refractivity (Wildman–Crippen MR) is 63.8 cm³/mol. The maximum Gasteiger partial charge on any atom is 0.125 e. The highest BCUT2D eigenvalue weighted by molar-refractivity contribution is 5.46. The van der Waals surface area contributed by atoms with E-state index < -0.39 is 0 Å². The van der Waals surface area contributed by atoms with Gasteiger partial charge in [0.25, 0.3) is 0 Å². The molecule has 16 heavy (non-hydrogen) atoms. The predicted octanol–water partition coefficient (Wildman–Crippen LogP) is 3.21. The molecule has 0 bridgehead atoms. The first-order valence-electron chi connectivity index (χ1n) is 5.20. The molecule has 0 aliphatic carbocycles. The average molecular weight is 217 g/mol. The average Bonchev–Trinajstić information content (AvgIpc) is 2.73. The van der Waals surface area contributed by atoms with Gasteiger partial charge in [-0.3, -0.25) is 0 Å². The molecule has 84 valence electrons. The van der Waals surface area contributed by atoms with E-state index in [0.717, 1.165) is 17.2 Å². The third kappa shape index (κ3) is 2.37. The molecular weight excluding hydrogens is 202 g/mol. The third-order valence-corrected chi connectivity index (χ3v) is 2.51. The molecule has 0 spiro atoms. The van der Waals surface area contributed by atoms with E-state index in [-0.39, 0.29) is 0 Å². The zero-order chi connectivity index (χ0) is 11.4. The molecule has 0 saturated carbocycles. The Bertz CT molecular complexity index is 445. The molecule has 0 aliphatic heterocycles. The van der Waals surface area contributed by atoms with Crippen LogP contribution in [0.2, 0.25) is 0 Å². The van der Waals surface area contributed by atoms with Gasteiger partial charge in [0.05, 0.1) is 19.9 Å². The van der Waals surface area contributed by atoms with Crippen molar-refractivity contribution in [1.29, 1.82) is 0 Å². The fourth-order valence-electron chi connectivity index (χ4n) is 1.48. The van der Waals surface area contributed by atoms with E-state index in [1.54, 1.807) is 13.4 Å². The Morgan fingerprint density at radius 2 is 1.94 bits per heavy atom. The van der Waals surface area contributed by atoms with Gasteiger partial charge in [-0.2, -0.15) is 0 Å². The zero-order valence-corrected chi connectivity index (χ0v) is 9.49. The van der Waals surface area contributed by atoms with Crippen LogP contribution >= 0.6 is 0 Å². The summed E-state index contributed by atoms with van der Waals surface area (Å²) in [6, 6.07) is 9.79. The Hall–Kier alpha value is -1.90. The molecule has 0 atom stereocenters. The second-order valence-electron chi connectivity index (χ2n) is 3.61. The third-order valence-electron chi connectivity index (χ3n) is 2.51. The number of ether oxygens (including phenoxy) is 1. The molecule has 1 aromatic carbocycles. The lowest BCUT2D eigenvalue weighted by molar-refractivity contribution is 0.415. The van der Waals surface area contributed by atoms with E-state index in [1.165, 1.54) is 5.56 Å². The Balaban J connectivity index is 1.97. The van der Waals surface area contributed by atoms with Gasteiger partial charge in [-0.15, -0.1) is 0 Å². The monoisotopic (exact) mass is 217 g/mol. The van der Waals surface area contributed by atoms with Gasteiger partial charge in [-0.25, -0.2) is 0 Å². The van der Waals surface area contributed by atoms with Crippen molar-refractivity contribution in [3.8, 4) is 5.75 Å². The van der Waals surface area contributed by atoms with Crippen LogP contribution in [-0.4, -0.2) is 7.11 Å². The largest absolute Gasteiger partial charge is 0.497 e. The summed E-state index contributed by atoms with van der Waals surface area (Å²) in [4.78, 5) is 0. The first-order valence-corrected chi connectivity index (χ1v) is 5.20. The number of hydrogen-bond donors (Lipinski definition) is 1. The van der Waals surface area contributed by atoms with Crippen LogP contribution in [0.5, 0.6) is 5.75 Å². The summed E-state index contributed by atoms with van der Waals surface area (Å²) in [6.45, 7) is 2.74. The number of anilines is 1. The minimum Gasteiger partial charge on any atom is -0.497 e.